The molecule has 0 amide bonds. The van der Waals surface area contributed by atoms with Gasteiger partial charge >= 0.3 is 0 Å². The third-order valence-electron chi connectivity index (χ3n) is 11.9. The Labute approximate surface area is 217 Å². The van der Waals surface area contributed by atoms with Gasteiger partial charge in [-0.25, -0.2) is 0 Å². The third-order valence-corrected chi connectivity index (χ3v) is 12.4. The van der Waals surface area contributed by atoms with E-state index in [2.05, 4.69) is 60.6 Å². The highest BCUT2D eigenvalue weighted by Gasteiger charge is 2.65. The van der Waals surface area contributed by atoms with E-state index in [1.165, 1.54) is 57.8 Å². The number of azide groups is 1. The lowest BCUT2D eigenvalue weighted by molar-refractivity contribution is -0.198. The molecule has 0 spiro atoms. The highest BCUT2D eigenvalue weighted by molar-refractivity contribution is 9.09. The summed E-state index contributed by atoms with van der Waals surface area (Å²) in [5, 5.41) is 4.88. The number of rotatable bonds is 9. The maximum Gasteiger partial charge on any atom is 0.0611 e. The summed E-state index contributed by atoms with van der Waals surface area (Å²) in [6.45, 7) is 14.3. The molecule has 11 atom stereocenters. The number of hydrogen-bond donors (Lipinski definition) is 0. The Balaban J connectivity index is 1.61. The van der Waals surface area contributed by atoms with Crippen molar-refractivity contribution in [3.63, 3.8) is 0 Å². The normalized spacial score (nSPS) is 46.6. The van der Waals surface area contributed by atoms with Crippen molar-refractivity contribution in [1.29, 1.82) is 0 Å². The zero-order valence-electron chi connectivity index (χ0n) is 22.5. The van der Waals surface area contributed by atoms with Crippen LogP contribution in [0.1, 0.15) is 98.8 Å². The fourth-order valence-electron chi connectivity index (χ4n) is 9.91. The van der Waals surface area contributed by atoms with Crippen LogP contribution in [0.5, 0.6) is 0 Å². The number of ether oxygens (including phenoxy) is 1. The maximum atomic E-state index is 8.65. The molecule has 0 N–H and O–H groups in total. The number of fused-ring (bicyclic) bond motifs is 5. The van der Waals surface area contributed by atoms with E-state index in [1.807, 2.05) is 0 Å². The SMILES string of the molecule is C[C@@H]1CC[C@@]2(C)[C@@H](C1)C[C@@H](OCCCN=[N+]=[N-])[C@@H]1[C@@H]2C[C@H](C)[C@]2(C)[C@@H]([C@H](C)CCCBr)CC[C@@H]12. The van der Waals surface area contributed by atoms with Crippen LogP contribution >= 0.6 is 15.9 Å². The summed E-state index contributed by atoms with van der Waals surface area (Å²) in [7, 11) is 0. The molecule has 4 nitrogen and oxygen atoms in total. The van der Waals surface area contributed by atoms with E-state index in [0.29, 0.717) is 29.4 Å². The number of alkyl halides is 1. The van der Waals surface area contributed by atoms with Crippen molar-refractivity contribution in [2.75, 3.05) is 18.5 Å². The van der Waals surface area contributed by atoms with E-state index in [1.54, 1.807) is 0 Å². The molecule has 194 valence electrons. The van der Waals surface area contributed by atoms with E-state index in [-0.39, 0.29) is 0 Å². The van der Waals surface area contributed by atoms with Gasteiger partial charge in [-0.3, -0.25) is 0 Å². The number of hydrogen-bond acceptors (Lipinski definition) is 2. The molecule has 0 aromatic rings. The lowest BCUT2D eigenvalue weighted by Gasteiger charge is -2.65. The van der Waals surface area contributed by atoms with Crippen LogP contribution in [0.15, 0.2) is 5.11 Å². The van der Waals surface area contributed by atoms with Crippen LogP contribution < -0.4 is 0 Å². The van der Waals surface area contributed by atoms with Gasteiger partial charge in [0.1, 0.15) is 0 Å². The third kappa shape index (κ3) is 4.72. The highest BCUT2D eigenvalue weighted by atomic mass is 79.9. The van der Waals surface area contributed by atoms with E-state index in [9.17, 15) is 0 Å². The second-order valence-electron chi connectivity index (χ2n) is 13.3. The first-order valence-electron chi connectivity index (χ1n) is 14.5. The van der Waals surface area contributed by atoms with Gasteiger partial charge < -0.3 is 4.74 Å². The first-order valence-corrected chi connectivity index (χ1v) is 15.6. The molecule has 4 aliphatic carbocycles. The lowest BCUT2D eigenvalue weighted by Crippen LogP contribution is -2.60. The molecule has 0 heterocycles. The molecule has 0 aliphatic heterocycles. The summed E-state index contributed by atoms with van der Waals surface area (Å²) in [5.74, 6) is 6.47. The van der Waals surface area contributed by atoms with Gasteiger partial charge in [0.05, 0.1) is 6.10 Å². The monoisotopic (exact) mass is 535 g/mol. The smallest absolute Gasteiger partial charge is 0.0611 e. The molecule has 4 saturated carbocycles. The Morgan fingerprint density at radius 1 is 1.09 bits per heavy atom. The minimum atomic E-state index is 0.396. The minimum absolute atomic E-state index is 0.396. The van der Waals surface area contributed by atoms with E-state index in [0.717, 1.165) is 59.8 Å². The molecule has 34 heavy (non-hydrogen) atoms. The predicted molar refractivity (Wildman–Crippen MR) is 145 cm³/mol. The van der Waals surface area contributed by atoms with Crippen molar-refractivity contribution in [3.05, 3.63) is 10.4 Å². The van der Waals surface area contributed by atoms with Crippen LogP contribution in [0.25, 0.3) is 10.4 Å². The number of nitrogens with zero attached hydrogens (tertiary/aromatic N) is 3. The van der Waals surface area contributed by atoms with Gasteiger partial charge in [0.2, 0.25) is 0 Å². The average Bonchev–Trinajstić information content (AvgIpc) is 3.17. The molecule has 0 radical (unpaired) electrons. The second kappa shape index (κ2) is 11.0. The predicted octanol–water partition coefficient (Wildman–Crippen LogP) is 9.03. The van der Waals surface area contributed by atoms with Crippen molar-refractivity contribution >= 4 is 15.9 Å². The Morgan fingerprint density at radius 3 is 2.62 bits per heavy atom. The van der Waals surface area contributed by atoms with Gasteiger partial charge in [-0.1, -0.05) is 62.1 Å². The van der Waals surface area contributed by atoms with Crippen LogP contribution in [0.3, 0.4) is 0 Å². The van der Waals surface area contributed by atoms with Gasteiger partial charge in [-0.05, 0) is 121 Å². The van der Waals surface area contributed by atoms with Crippen molar-refractivity contribution in [2.45, 2.75) is 105 Å². The summed E-state index contributed by atoms with van der Waals surface area (Å²) in [4.78, 5) is 2.93. The molecule has 0 unspecified atom stereocenters. The average molecular weight is 537 g/mol. The van der Waals surface area contributed by atoms with Crippen LogP contribution in [0.4, 0.5) is 0 Å². The summed E-state index contributed by atoms with van der Waals surface area (Å²) in [6, 6.07) is 0. The highest BCUT2D eigenvalue weighted by Crippen LogP contribution is 2.70. The molecule has 5 heteroatoms. The number of halogens is 1. The zero-order chi connectivity index (χ0) is 24.5. The molecule has 0 saturated heterocycles. The van der Waals surface area contributed by atoms with Crippen LogP contribution in [-0.2, 0) is 4.74 Å². The minimum Gasteiger partial charge on any atom is -0.378 e. The van der Waals surface area contributed by atoms with Crippen LogP contribution in [0.2, 0.25) is 0 Å². The Hall–Kier alpha value is -0.250. The Kier molecular flexibility index (Phi) is 8.68. The van der Waals surface area contributed by atoms with Crippen LogP contribution in [-0.4, -0.2) is 24.6 Å². The van der Waals surface area contributed by atoms with E-state index >= 15 is 0 Å². The first kappa shape index (κ1) is 26.8. The fourth-order valence-corrected chi connectivity index (χ4v) is 10.2. The van der Waals surface area contributed by atoms with Crippen molar-refractivity contribution in [1.82, 2.24) is 0 Å². The standard InChI is InChI=1S/C29H50BrN3O/c1-19-11-12-28(4)22(16-19)18-26(34-15-7-14-32-33-31)27-24-10-9-23(20(2)8-6-13-30)29(24,5)21(3)17-25(27)28/h19-27H,6-18H2,1-5H3/t19-,20-,21+,22+,23-,24+,25+,26-,27+,28+,29-/m1/s1. The van der Waals surface area contributed by atoms with Crippen molar-refractivity contribution in [3.8, 4) is 0 Å². The Morgan fingerprint density at radius 2 is 1.88 bits per heavy atom. The molecule has 4 fully saturated rings. The maximum absolute atomic E-state index is 8.65. The largest absolute Gasteiger partial charge is 0.378 e. The van der Waals surface area contributed by atoms with Gasteiger partial charge in [0.25, 0.3) is 0 Å². The topological polar surface area (TPSA) is 58.0 Å². The summed E-state index contributed by atoms with van der Waals surface area (Å²) >= 11 is 3.67. The van der Waals surface area contributed by atoms with E-state index in [4.69, 9.17) is 10.3 Å². The van der Waals surface area contributed by atoms with Gasteiger partial charge in [0.15, 0.2) is 0 Å². The Bertz CT molecular complexity index is 741. The quantitative estimate of drug-likeness (QED) is 0.0953. The van der Waals surface area contributed by atoms with Crippen molar-refractivity contribution < 1.29 is 4.74 Å². The van der Waals surface area contributed by atoms with Crippen LogP contribution in [0, 0.1) is 58.2 Å². The second-order valence-corrected chi connectivity index (χ2v) is 14.1. The van der Waals surface area contributed by atoms with E-state index < -0.39 is 0 Å². The van der Waals surface area contributed by atoms with Gasteiger partial charge in [-0.2, -0.15) is 0 Å². The molecule has 4 aliphatic rings. The molecule has 0 aromatic heterocycles. The molecule has 0 aromatic carbocycles. The summed E-state index contributed by atoms with van der Waals surface area (Å²) in [5.41, 5.74) is 9.59. The van der Waals surface area contributed by atoms with Gasteiger partial charge in [0, 0.05) is 23.4 Å². The van der Waals surface area contributed by atoms with Gasteiger partial charge in [-0.15, -0.1) is 0 Å². The zero-order valence-corrected chi connectivity index (χ0v) is 24.1. The first-order chi connectivity index (χ1) is 16.3. The molecule has 0 bridgehead atoms. The fraction of sp³-hybridized carbons (Fsp3) is 1.00. The molecular formula is C29H50BrN3O. The summed E-state index contributed by atoms with van der Waals surface area (Å²) < 4.78 is 6.79. The molecule has 4 rings (SSSR count). The summed E-state index contributed by atoms with van der Waals surface area (Å²) in [6.07, 6.45) is 13.6. The van der Waals surface area contributed by atoms with Crippen molar-refractivity contribution in [2.24, 2.45) is 63.3 Å². The lowest BCUT2D eigenvalue weighted by atomic mass is 9.41. The molecular weight excluding hydrogens is 486 g/mol.